The smallest absolute Gasteiger partial charge is 0.316 e. The average Bonchev–Trinajstić information content (AvgIpc) is 2.28. The first-order chi connectivity index (χ1) is 7.52. The fourth-order valence-corrected chi connectivity index (χ4v) is 3.58. The first-order valence-electron chi connectivity index (χ1n) is 5.07. The van der Waals surface area contributed by atoms with E-state index in [0.717, 1.165) is 0 Å². The Morgan fingerprint density at radius 1 is 1.71 bits per heavy atom. The molecule has 0 aromatic heterocycles. The summed E-state index contributed by atoms with van der Waals surface area (Å²) in [6.45, 7) is 2.02. The highest BCUT2D eigenvalue weighted by atomic mass is 35.5. The summed E-state index contributed by atoms with van der Waals surface area (Å²) in [7, 11) is 0. The molecule has 17 heavy (non-hydrogen) atoms. The number of carbonyl (C=O) groups is 2. The van der Waals surface area contributed by atoms with Crippen molar-refractivity contribution >= 4 is 36.0 Å². The monoisotopic (exact) mass is 278 g/mol. The Labute approximate surface area is 110 Å². The zero-order chi connectivity index (χ0) is 11.9. The van der Waals surface area contributed by atoms with Crippen LogP contribution < -0.4 is 5.73 Å². The molecule has 0 spiro atoms. The lowest BCUT2D eigenvalue weighted by atomic mass is 9.87. The molecule has 1 amide bonds. The number of amides is 1. The van der Waals surface area contributed by atoms with Crippen LogP contribution in [0.5, 0.6) is 0 Å². The zero-order valence-electron chi connectivity index (χ0n) is 9.33. The minimum absolute atomic E-state index is 0. The van der Waals surface area contributed by atoms with Crippen LogP contribution in [-0.4, -0.2) is 45.6 Å². The van der Waals surface area contributed by atoms with E-state index in [1.165, 1.54) is 11.8 Å². The van der Waals surface area contributed by atoms with Gasteiger partial charge in [0.05, 0.1) is 0 Å². The third-order valence-electron chi connectivity index (χ3n) is 3.06. The fourth-order valence-electron chi connectivity index (χ4n) is 2.12. The summed E-state index contributed by atoms with van der Waals surface area (Å²) >= 11 is 1.45. The van der Waals surface area contributed by atoms with Gasteiger partial charge in [0.25, 0.3) is 0 Å². The van der Waals surface area contributed by atoms with Gasteiger partial charge < -0.3 is 15.7 Å². The van der Waals surface area contributed by atoms with E-state index in [0.29, 0.717) is 5.75 Å². The summed E-state index contributed by atoms with van der Waals surface area (Å²) in [6.07, 6.45) is 3.38. The summed E-state index contributed by atoms with van der Waals surface area (Å²) in [5.41, 5.74) is 4.69. The van der Waals surface area contributed by atoms with Crippen LogP contribution in [0, 0.1) is 5.41 Å². The van der Waals surface area contributed by atoms with Gasteiger partial charge in [0.2, 0.25) is 5.91 Å². The summed E-state index contributed by atoms with van der Waals surface area (Å²) in [5.74, 6) is -0.563. The number of aliphatic carboxylic acids is 1. The molecule has 0 aliphatic carbocycles. The molecule has 0 radical (unpaired) electrons. The number of β-lactam (4-membered cyclic amide) rings is 1. The van der Waals surface area contributed by atoms with Crippen molar-refractivity contribution in [1.82, 2.24) is 4.90 Å². The van der Waals surface area contributed by atoms with Crippen molar-refractivity contribution in [2.24, 2.45) is 11.1 Å². The summed E-state index contributed by atoms with van der Waals surface area (Å²) in [5, 5.41) is 9.23. The normalized spacial score (nSPS) is 36.1. The molecule has 0 aromatic rings. The van der Waals surface area contributed by atoms with Crippen molar-refractivity contribution in [2.45, 2.75) is 18.3 Å². The first kappa shape index (κ1) is 14.3. The molecule has 0 bridgehead atoms. The van der Waals surface area contributed by atoms with Crippen LogP contribution in [0.25, 0.3) is 0 Å². The third kappa shape index (κ3) is 2.05. The molecule has 3 atom stereocenters. The lowest BCUT2D eigenvalue weighted by molar-refractivity contribution is -0.153. The fraction of sp³-hybridized carbons (Fsp3) is 0.600. The van der Waals surface area contributed by atoms with Crippen LogP contribution in [-0.2, 0) is 9.59 Å². The van der Waals surface area contributed by atoms with E-state index in [1.54, 1.807) is 24.0 Å². The molecule has 7 heteroatoms. The number of halogens is 1. The molecule has 2 aliphatic heterocycles. The Morgan fingerprint density at radius 3 is 2.88 bits per heavy atom. The Morgan fingerprint density at radius 2 is 2.35 bits per heavy atom. The van der Waals surface area contributed by atoms with Gasteiger partial charge in [0, 0.05) is 12.3 Å². The summed E-state index contributed by atoms with van der Waals surface area (Å²) < 4.78 is 0. The highest BCUT2D eigenvalue weighted by Gasteiger charge is 2.54. The maximum atomic E-state index is 11.5. The van der Waals surface area contributed by atoms with Crippen molar-refractivity contribution in [1.29, 1.82) is 0 Å². The number of hydrogen-bond acceptors (Lipinski definition) is 4. The standard InChI is InChI=1S/C10H14N2O3S.ClH/c1-2-3-10(9(14)15)4-12-7(13)6(11)8(12)16-5-10;/h2-3,6,8H,4-5,11H2,1H3,(H,14,15);1H/t6?,8-,10?;/m1./s1. The van der Waals surface area contributed by atoms with Crippen LogP contribution >= 0.6 is 24.2 Å². The topological polar surface area (TPSA) is 83.6 Å². The molecule has 5 nitrogen and oxygen atoms in total. The Bertz CT molecular complexity index is 377. The van der Waals surface area contributed by atoms with Gasteiger partial charge in [0.1, 0.15) is 16.8 Å². The molecule has 0 aromatic carbocycles. The SMILES string of the molecule is CC=CC1(C(=O)O)CS[C@@H]2C(N)C(=O)N2C1.Cl. The second-order valence-electron chi connectivity index (χ2n) is 4.15. The van der Waals surface area contributed by atoms with E-state index in [-0.39, 0.29) is 30.2 Å². The van der Waals surface area contributed by atoms with Crippen LogP contribution in [0.4, 0.5) is 0 Å². The molecular weight excluding hydrogens is 264 g/mol. The zero-order valence-corrected chi connectivity index (χ0v) is 11.0. The van der Waals surface area contributed by atoms with Crippen molar-refractivity contribution in [2.75, 3.05) is 12.3 Å². The largest absolute Gasteiger partial charge is 0.481 e. The quantitative estimate of drug-likeness (QED) is 0.561. The molecule has 2 saturated heterocycles. The molecule has 2 heterocycles. The molecule has 2 rings (SSSR count). The van der Waals surface area contributed by atoms with Gasteiger partial charge in [-0.15, -0.1) is 24.2 Å². The number of rotatable bonds is 2. The predicted octanol–water partition coefficient (Wildman–Crippen LogP) is 0.298. The molecule has 0 saturated carbocycles. The van der Waals surface area contributed by atoms with Gasteiger partial charge in [-0.2, -0.15) is 0 Å². The summed E-state index contributed by atoms with van der Waals surface area (Å²) in [6, 6.07) is -0.456. The van der Waals surface area contributed by atoms with Crippen LogP contribution in [0.1, 0.15) is 6.92 Å². The maximum absolute atomic E-state index is 11.5. The number of nitrogens with two attached hydrogens (primary N) is 1. The van der Waals surface area contributed by atoms with E-state index in [2.05, 4.69) is 0 Å². The number of allylic oxidation sites excluding steroid dienone is 1. The van der Waals surface area contributed by atoms with Crippen molar-refractivity contribution in [3.8, 4) is 0 Å². The number of carbonyl (C=O) groups excluding carboxylic acids is 1. The van der Waals surface area contributed by atoms with E-state index in [9.17, 15) is 14.7 Å². The minimum atomic E-state index is -0.953. The van der Waals surface area contributed by atoms with Gasteiger partial charge in [-0.05, 0) is 6.92 Å². The van der Waals surface area contributed by atoms with E-state index in [4.69, 9.17) is 5.73 Å². The molecule has 2 unspecified atom stereocenters. The van der Waals surface area contributed by atoms with E-state index in [1.807, 2.05) is 0 Å². The highest BCUT2D eigenvalue weighted by Crippen LogP contribution is 2.42. The molecule has 2 fully saturated rings. The Hall–Kier alpha value is -0.720. The van der Waals surface area contributed by atoms with E-state index >= 15 is 0 Å². The van der Waals surface area contributed by atoms with E-state index < -0.39 is 17.4 Å². The van der Waals surface area contributed by atoms with Gasteiger partial charge in [0.15, 0.2) is 0 Å². The Balaban J connectivity index is 0.00000144. The van der Waals surface area contributed by atoms with Crippen LogP contribution in [0.3, 0.4) is 0 Å². The lowest BCUT2D eigenvalue weighted by Crippen LogP contribution is -2.71. The predicted molar refractivity (Wildman–Crippen MR) is 68.1 cm³/mol. The number of fused-ring (bicyclic) bond motifs is 1. The second-order valence-corrected chi connectivity index (χ2v) is 5.26. The number of thioether (sulfide) groups is 1. The average molecular weight is 279 g/mol. The number of nitrogens with zero attached hydrogens (tertiary/aromatic N) is 1. The minimum Gasteiger partial charge on any atom is -0.481 e. The third-order valence-corrected chi connectivity index (χ3v) is 4.63. The number of carboxylic acids is 1. The van der Waals surface area contributed by atoms with Crippen molar-refractivity contribution in [3.05, 3.63) is 12.2 Å². The highest BCUT2D eigenvalue weighted by molar-refractivity contribution is 8.00. The molecule has 3 N–H and O–H groups in total. The van der Waals surface area contributed by atoms with Crippen LogP contribution in [0.2, 0.25) is 0 Å². The second kappa shape index (κ2) is 4.88. The van der Waals surface area contributed by atoms with Crippen molar-refractivity contribution < 1.29 is 14.7 Å². The number of hydrogen-bond donors (Lipinski definition) is 2. The van der Waals surface area contributed by atoms with Gasteiger partial charge in [-0.3, -0.25) is 9.59 Å². The van der Waals surface area contributed by atoms with Crippen LogP contribution in [0.15, 0.2) is 12.2 Å². The van der Waals surface area contributed by atoms with Gasteiger partial charge in [-0.25, -0.2) is 0 Å². The molecule has 96 valence electrons. The van der Waals surface area contributed by atoms with Crippen molar-refractivity contribution in [3.63, 3.8) is 0 Å². The lowest BCUT2D eigenvalue weighted by Gasteiger charge is -2.52. The first-order valence-corrected chi connectivity index (χ1v) is 6.11. The molecule has 2 aliphatic rings. The Kier molecular flexibility index (Phi) is 4.11. The summed E-state index contributed by atoms with van der Waals surface area (Å²) in [4.78, 5) is 24.3. The number of carboxylic acid groups (broad SMARTS) is 1. The maximum Gasteiger partial charge on any atom is 0.316 e. The molecular formula is C10H15ClN2O3S. The van der Waals surface area contributed by atoms with Gasteiger partial charge in [-0.1, -0.05) is 12.2 Å². The van der Waals surface area contributed by atoms with Gasteiger partial charge >= 0.3 is 5.97 Å².